The highest BCUT2D eigenvalue weighted by Crippen LogP contribution is 2.40. The van der Waals surface area contributed by atoms with Gasteiger partial charge in [-0.3, -0.25) is 4.79 Å². The molecule has 0 fully saturated rings. The van der Waals surface area contributed by atoms with E-state index in [0.29, 0.717) is 27.1 Å². The first-order valence-corrected chi connectivity index (χ1v) is 12.7. The molecule has 6 nitrogen and oxygen atoms in total. The van der Waals surface area contributed by atoms with E-state index >= 15 is 0 Å². The summed E-state index contributed by atoms with van der Waals surface area (Å²) in [5, 5.41) is 18.0. The Morgan fingerprint density at radius 2 is 1.89 bits per heavy atom. The highest BCUT2D eigenvalue weighted by atomic mass is 79.9. The molecular weight excluding hydrogens is 550 g/mol. The second kappa shape index (κ2) is 9.89. The summed E-state index contributed by atoms with van der Waals surface area (Å²) in [6.07, 6.45) is 2.28. The van der Waals surface area contributed by atoms with Crippen LogP contribution >= 0.6 is 39.3 Å². The standard InChI is InChI=1S/C26H19BrClN3O3S/c1-34-20-9-4-15(5-10-20)21-14-22(16-2-7-19(28)8-3-16)31(30-21)26-29-25(33)24(35-26)13-17-12-18(27)6-11-23(17)32/h2-13,22,32H,14H2,1H3/b24-13-. The number of ether oxygens (including phenoxy) is 1. The molecule has 1 N–H and O–H groups in total. The fourth-order valence-corrected chi connectivity index (χ4v) is 5.28. The van der Waals surface area contributed by atoms with Crippen molar-refractivity contribution in [1.82, 2.24) is 5.01 Å². The van der Waals surface area contributed by atoms with Crippen molar-refractivity contribution in [2.45, 2.75) is 12.5 Å². The third kappa shape index (κ3) is 5.00. The summed E-state index contributed by atoms with van der Waals surface area (Å²) < 4.78 is 6.08. The lowest BCUT2D eigenvalue weighted by molar-refractivity contribution is -0.113. The molecule has 0 bridgehead atoms. The summed E-state index contributed by atoms with van der Waals surface area (Å²) in [6, 6.07) is 20.3. The number of rotatable bonds is 4. The summed E-state index contributed by atoms with van der Waals surface area (Å²) in [4.78, 5) is 17.5. The Hall–Kier alpha value is -3.07. The third-order valence-corrected chi connectivity index (χ3v) is 7.39. The van der Waals surface area contributed by atoms with Crippen LogP contribution in [0.15, 0.2) is 86.2 Å². The molecule has 9 heteroatoms. The highest BCUT2D eigenvalue weighted by molar-refractivity contribution is 9.10. The largest absolute Gasteiger partial charge is 0.507 e. The van der Waals surface area contributed by atoms with Crippen LogP contribution in [-0.2, 0) is 4.79 Å². The second-order valence-corrected chi connectivity index (χ2v) is 10.3. The van der Waals surface area contributed by atoms with Gasteiger partial charge in [0.2, 0.25) is 0 Å². The molecule has 1 amide bonds. The summed E-state index contributed by atoms with van der Waals surface area (Å²) >= 11 is 10.8. The number of phenolic OH excluding ortho intramolecular Hbond substituents is 1. The number of amides is 1. The Kier molecular flexibility index (Phi) is 6.69. The number of benzene rings is 3. The zero-order valence-electron chi connectivity index (χ0n) is 18.5. The van der Waals surface area contributed by atoms with Crippen LogP contribution in [0.25, 0.3) is 6.08 Å². The lowest BCUT2D eigenvalue weighted by Crippen LogP contribution is -2.23. The smallest absolute Gasteiger partial charge is 0.286 e. The minimum Gasteiger partial charge on any atom is -0.507 e. The number of phenols is 1. The predicted octanol–water partition coefficient (Wildman–Crippen LogP) is 6.64. The fourth-order valence-electron chi connectivity index (χ4n) is 3.87. The average Bonchev–Trinajstić information content (AvgIpc) is 3.46. The first-order valence-electron chi connectivity index (χ1n) is 10.7. The van der Waals surface area contributed by atoms with Crippen molar-refractivity contribution in [2.75, 3.05) is 7.11 Å². The number of aromatic hydroxyl groups is 1. The van der Waals surface area contributed by atoms with Crippen LogP contribution in [0.5, 0.6) is 11.5 Å². The van der Waals surface area contributed by atoms with Gasteiger partial charge in [-0.05, 0) is 83.6 Å². The van der Waals surface area contributed by atoms with E-state index in [-0.39, 0.29) is 17.7 Å². The quantitative estimate of drug-likeness (QED) is 0.357. The van der Waals surface area contributed by atoms with Crippen LogP contribution in [0.1, 0.15) is 29.2 Å². The maximum atomic E-state index is 12.8. The predicted molar refractivity (Wildman–Crippen MR) is 144 cm³/mol. The lowest BCUT2D eigenvalue weighted by Gasteiger charge is -2.22. The van der Waals surface area contributed by atoms with Crippen molar-refractivity contribution in [3.05, 3.63) is 97.8 Å². The summed E-state index contributed by atoms with van der Waals surface area (Å²) in [6.45, 7) is 0. The van der Waals surface area contributed by atoms with Gasteiger partial charge in [0.25, 0.3) is 5.91 Å². The van der Waals surface area contributed by atoms with Crippen LogP contribution in [0, 0.1) is 0 Å². The van der Waals surface area contributed by atoms with E-state index in [2.05, 4.69) is 20.9 Å². The minimum absolute atomic E-state index is 0.0857. The molecule has 3 aromatic carbocycles. The molecule has 0 saturated carbocycles. The zero-order valence-corrected chi connectivity index (χ0v) is 21.6. The van der Waals surface area contributed by atoms with E-state index in [0.717, 1.165) is 27.1 Å². The average molecular weight is 569 g/mol. The zero-order chi connectivity index (χ0) is 24.5. The first-order chi connectivity index (χ1) is 16.9. The van der Waals surface area contributed by atoms with E-state index < -0.39 is 0 Å². The van der Waals surface area contributed by atoms with Crippen molar-refractivity contribution in [3.63, 3.8) is 0 Å². The highest BCUT2D eigenvalue weighted by Gasteiger charge is 2.36. The van der Waals surface area contributed by atoms with Gasteiger partial charge in [0.05, 0.1) is 23.8 Å². The molecule has 0 saturated heterocycles. The van der Waals surface area contributed by atoms with Crippen molar-refractivity contribution in [1.29, 1.82) is 0 Å². The lowest BCUT2D eigenvalue weighted by atomic mass is 9.98. The maximum Gasteiger partial charge on any atom is 0.286 e. The molecular formula is C26H19BrClN3O3S. The van der Waals surface area contributed by atoms with Gasteiger partial charge in [-0.1, -0.05) is 39.7 Å². The van der Waals surface area contributed by atoms with Crippen LogP contribution < -0.4 is 4.74 Å². The van der Waals surface area contributed by atoms with E-state index in [1.54, 1.807) is 36.4 Å². The molecule has 2 heterocycles. The van der Waals surface area contributed by atoms with Gasteiger partial charge in [-0.25, -0.2) is 5.01 Å². The minimum atomic E-state index is -0.368. The van der Waals surface area contributed by atoms with E-state index in [1.807, 2.05) is 48.5 Å². The monoisotopic (exact) mass is 567 g/mol. The van der Waals surface area contributed by atoms with Gasteiger partial charge in [0, 0.05) is 21.5 Å². The van der Waals surface area contributed by atoms with Crippen LogP contribution in [0.4, 0.5) is 0 Å². The number of carbonyl (C=O) groups is 1. The normalized spacial score (nSPS) is 18.7. The molecule has 1 atom stereocenters. The van der Waals surface area contributed by atoms with E-state index in [4.69, 9.17) is 21.4 Å². The number of amidine groups is 1. The molecule has 176 valence electrons. The number of hydrogen-bond acceptors (Lipinski definition) is 6. The van der Waals surface area contributed by atoms with Crippen LogP contribution in [0.3, 0.4) is 0 Å². The number of nitrogens with zero attached hydrogens (tertiary/aromatic N) is 3. The van der Waals surface area contributed by atoms with Crippen molar-refractivity contribution in [3.8, 4) is 11.5 Å². The molecule has 0 radical (unpaired) electrons. The van der Waals surface area contributed by atoms with Gasteiger partial charge in [-0.15, -0.1) is 0 Å². The molecule has 0 aliphatic carbocycles. The number of methoxy groups -OCH3 is 1. The maximum absolute atomic E-state index is 12.8. The Balaban J connectivity index is 1.48. The number of thioether (sulfide) groups is 1. The fraction of sp³-hybridized carbons (Fsp3) is 0.115. The molecule has 35 heavy (non-hydrogen) atoms. The summed E-state index contributed by atoms with van der Waals surface area (Å²) in [5.74, 6) is 0.486. The molecule has 1 unspecified atom stereocenters. The Morgan fingerprint density at radius 1 is 1.14 bits per heavy atom. The van der Waals surface area contributed by atoms with Crippen molar-refractivity contribution in [2.24, 2.45) is 10.1 Å². The second-order valence-electron chi connectivity index (χ2n) is 7.90. The third-order valence-electron chi connectivity index (χ3n) is 5.67. The van der Waals surface area contributed by atoms with Gasteiger partial charge in [0.1, 0.15) is 11.5 Å². The van der Waals surface area contributed by atoms with E-state index in [9.17, 15) is 9.90 Å². The molecule has 3 aromatic rings. The molecule has 2 aliphatic heterocycles. The van der Waals surface area contributed by atoms with Gasteiger partial charge in [-0.2, -0.15) is 10.1 Å². The van der Waals surface area contributed by atoms with Crippen molar-refractivity contribution < 1.29 is 14.6 Å². The van der Waals surface area contributed by atoms with E-state index in [1.165, 1.54) is 11.8 Å². The SMILES string of the molecule is COc1ccc(C2=NN(C3=NC(=O)/C(=C/c4cc(Br)ccc4O)S3)C(c3ccc(Cl)cc3)C2)cc1. The van der Waals surface area contributed by atoms with Gasteiger partial charge >= 0.3 is 0 Å². The number of hydrogen-bond donors (Lipinski definition) is 1. The molecule has 5 rings (SSSR count). The Labute approximate surface area is 220 Å². The Morgan fingerprint density at radius 3 is 2.60 bits per heavy atom. The number of hydrazone groups is 1. The molecule has 0 spiro atoms. The molecule has 2 aliphatic rings. The van der Waals surface area contributed by atoms with Crippen molar-refractivity contribution >= 4 is 62.2 Å². The van der Waals surface area contributed by atoms with Crippen LogP contribution in [-0.4, -0.2) is 34.0 Å². The summed E-state index contributed by atoms with van der Waals surface area (Å²) in [7, 11) is 1.63. The van der Waals surface area contributed by atoms with Gasteiger partial charge in [0.15, 0.2) is 5.17 Å². The van der Waals surface area contributed by atoms with Gasteiger partial charge < -0.3 is 9.84 Å². The van der Waals surface area contributed by atoms with Crippen LogP contribution in [0.2, 0.25) is 5.02 Å². The molecule has 0 aromatic heterocycles. The number of carbonyl (C=O) groups excluding carboxylic acids is 1. The first kappa shape index (κ1) is 23.7. The summed E-state index contributed by atoms with van der Waals surface area (Å²) in [5.41, 5.74) is 3.40. The number of aliphatic imine (C=N–C) groups is 1. The number of halogens is 2. The Bertz CT molecular complexity index is 1390. The topological polar surface area (TPSA) is 74.5 Å².